The molecule has 0 saturated carbocycles. The molecule has 84 valence electrons. The molecule has 0 fully saturated rings. The maximum atomic E-state index is 11.0. The molecule has 0 radical (unpaired) electrons. The van der Waals surface area contributed by atoms with Crippen molar-refractivity contribution in [2.75, 3.05) is 6.61 Å². The standard InChI is InChI=1S/C6H14NO6P/c1-5(9)7-14(11,12)13-6(10)3-2-4-8/h5,8-9H,2-4H2,1H3,(H2,7,11,12). The number of carbonyl (C=O) groups excluding carboxylic acids is 1. The molecule has 2 atom stereocenters. The number of aliphatic hydroxyl groups excluding tert-OH is 2. The van der Waals surface area contributed by atoms with Crippen molar-refractivity contribution in [1.29, 1.82) is 0 Å². The van der Waals surface area contributed by atoms with Crippen molar-refractivity contribution in [2.45, 2.75) is 26.0 Å². The maximum absolute atomic E-state index is 11.0. The van der Waals surface area contributed by atoms with E-state index in [4.69, 9.17) is 15.1 Å². The van der Waals surface area contributed by atoms with Crippen molar-refractivity contribution in [3.63, 3.8) is 0 Å². The molecule has 14 heavy (non-hydrogen) atoms. The van der Waals surface area contributed by atoms with Crippen LogP contribution in [-0.4, -0.2) is 33.9 Å². The summed E-state index contributed by atoms with van der Waals surface area (Å²) in [7, 11) is -4.28. The van der Waals surface area contributed by atoms with E-state index in [-0.39, 0.29) is 19.4 Å². The van der Waals surface area contributed by atoms with E-state index in [2.05, 4.69) is 4.52 Å². The molecule has 0 rings (SSSR count). The van der Waals surface area contributed by atoms with E-state index in [0.717, 1.165) is 0 Å². The fourth-order valence-electron chi connectivity index (χ4n) is 0.670. The number of nitrogens with one attached hydrogen (secondary N) is 1. The summed E-state index contributed by atoms with van der Waals surface area (Å²) in [5.41, 5.74) is 0. The summed E-state index contributed by atoms with van der Waals surface area (Å²) in [6, 6.07) is 0. The van der Waals surface area contributed by atoms with Crippen LogP contribution in [0.25, 0.3) is 0 Å². The highest BCUT2D eigenvalue weighted by Crippen LogP contribution is 2.37. The average molecular weight is 227 g/mol. The molecular formula is C6H14NO6P. The molecule has 0 aliphatic rings. The van der Waals surface area contributed by atoms with Crippen molar-refractivity contribution < 1.29 is 29.0 Å². The Morgan fingerprint density at radius 3 is 2.64 bits per heavy atom. The largest absolute Gasteiger partial charge is 0.460 e. The van der Waals surface area contributed by atoms with Crippen molar-refractivity contribution in [1.82, 2.24) is 5.09 Å². The zero-order valence-electron chi connectivity index (χ0n) is 7.71. The van der Waals surface area contributed by atoms with Gasteiger partial charge in [-0.3, -0.25) is 4.79 Å². The summed E-state index contributed by atoms with van der Waals surface area (Å²) >= 11 is 0. The van der Waals surface area contributed by atoms with Gasteiger partial charge in [0.05, 0.1) is 0 Å². The SMILES string of the molecule is CC(O)NP(=O)(O)OC(=O)CCCO. The summed E-state index contributed by atoms with van der Waals surface area (Å²) in [4.78, 5) is 19.7. The molecule has 0 bridgehead atoms. The van der Waals surface area contributed by atoms with Crippen LogP contribution >= 0.6 is 7.75 Å². The van der Waals surface area contributed by atoms with Gasteiger partial charge in [0, 0.05) is 13.0 Å². The minimum atomic E-state index is -4.28. The summed E-state index contributed by atoms with van der Waals surface area (Å²) in [6.45, 7) is 1.01. The fraction of sp³-hybridized carbons (Fsp3) is 0.833. The lowest BCUT2D eigenvalue weighted by molar-refractivity contribution is -0.135. The summed E-state index contributed by atoms with van der Waals surface area (Å²) in [6.07, 6.45) is -1.24. The smallest absolute Gasteiger partial charge is 0.396 e. The van der Waals surface area contributed by atoms with Crippen molar-refractivity contribution in [2.24, 2.45) is 0 Å². The fourth-order valence-corrected chi connectivity index (χ4v) is 1.56. The zero-order chi connectivity index (χ0) is 11.2. The van der Waals surface area contributed by atoms with Gasteiger partial charge in [-0.1, -0.05) is 0 Å². The molecule has 4 N–H and O–H groups in total. The molecule has 2 unspecified atom stereocenters. The molecule has 0 aromatic heterocycles. The first-order chi connectivity index (χ1) is 6.37. The molecule has 0 aliphatic carbocycles. The lowest BCUT2D eigenvalue weighted by Crippen LogP contribution is -2.24. The summed E-state index contributed by atoms with van der Waals surface area (Å²) in [5, 5.41) is 18.9. The third-order valence-electron chi connectivity index (χ3n) is 1.11. The predicted molar refractivity (Wildman–Crippen MR) is 47.1 cm³/mol. The number of hydrogen-bond donors (Lipinski definition) is 4. The molecule has 0 aromatic carbocycles. The van der Waals surface area contributed by atoms with Crippen LogP contribution in [0.3, 0.4) is 0 Å². The molecule has 0 saturated heterocycles. The second-order valence-electron chi connectivity index (χ2n) is 2.62. The molecule has 8 heteroatoms. The van der Waals surface area contributed by atoms with E-state index >= 15 is 0 Å². The average Bonchev–Trinajstić information content (AvgIpc) is 1.96. The van der Waals surface area contributed by atoms with Gasteiger partial charge in [0.1, 0.15) is 6.23 Å². The molecule has 0 aliphatic heterocycles. The molecule has 0 amide bonds. The van der Waals surface area contributed by atoms with Crippen LogP contribution in [0.1, 0.15) is 19.8 Å². The summed E-state index contributed by atoms with van der Waals surface area (Å²) in [5.74, 6) is -0.905. The molecule has 0 spiro atoms. The topological polar surface area (TPSA) is 116 Å². The van der Waals surface area contributed by atoms with Crippen molar-refractivity contribution in [3.05, 3.63) is 0 Å². The molecule has 7 nitrogen and oxygen atoms in total. The van der Waals surface area contributed by atoms with E-state index in [1.165, 1.54) is 6.92 Å². The zero-order valence-corrected chi connectivity index (χ0v) is 8.61. The Hall–Kier alpha value is -0.460. The van der Waals surface area contributed by atoms with Gasteiger partial charge in [-0.15, -0.1) is 0 Å². The Labute approximate surface area is 81.3 Å². The Morgan fingerprint density at radius 2 is 2.21 bits per heavy atom. The highest BCUT2D eigenvalue weighted by atomic mass is 31.2. The monoisotopic (exact) mass is 227 g/mol. The maximum Gasteiger partial charge on any atom is 0.460 e. The first-order valence-electron chi connectivity index (χ1n) is 3.99. The number of aliphatic hydroxyl groups is 2. The Morgan fingerprint density at radius 1 is 1.64 bits per heavy atom. The van der Waals surface area contributed by atoms with Gasteiger partial charge in [0.2, 0.25) is 0 Å². The molecular weight excluding hydrogens is 213 g/mol. The van der Waals surface area contributed by atoms with Crippen LogP contribution in [0, 0.1) is 0 Å². The quantitative estimate of drug-likeness (QED) is 0.351. The van der Waals surface area contributed by atoms with Gasteiger partial charge in [-0.2, -0.15) is 5.09 Å². The van der Waals surface area contributed by atoms with Gasteiger partial charge < -0.3 is 19.6 Å². The number of rotatable bonds is 6. The molecule has 0 heterocycles. The first kappa shape index (κ1) is 13.5. The van der Waals surface area contributed by atoms with Crippen LogP contribution in [0.4, 0.5) is 0 Å². The van der Waals surface area contributed by atoms with E-state index in [1.807, 2.05) is 0 Å². The molecule has 0 aromatic rings. The van der Waals surface area contributed by atoms with E-state index in [1.54, 1.807) is 5.09 Å². The van der Waals surface area contributed by atoms with E-state index < -0.39 is 19.9 Å². The van der Waals surface area contributed by atoms with E-state index in [0.29, 0.717) is 0 Å². The van der Waals surface area contributed by atoms with Crippen molar-refractivity contribution >= 4 is 13.7 Å². The normalized spacial score (nSPS) is 17.1. The second kappa shape index (κ2) is 6.10. The predicted octanol–water partition coefficient (Wildman–Crippen LogP) is -0.670. The lowest BCUT2D eigenvalue weighted by atomic mass is 10.3. The van der Waals surface area contributed by atoms with Crippen molar-refractivity contribution in [3.8, 4) is 0 Å². The third kappa shape index (κ3) is 6.99. The van der Waals surface area contributed by atoms with Crippen LogP contribution in [-0.2, 0) is 13.9 Å². The van der Waals surface area contributed by atoms with Gasteiger partial charge >= 0.3 is 13.7 Å². The third-order valence-corrected chi connectivity index (χ3v) is 2.27. The lowest BCUT2D eigenvalue weighted by Gasteiger charge is -2.14. The second-order valence-corrected chi connectivity index (χ2v) is 4.10. The van der Waals surface area contributed by atoms with Gasteiger partial charge in [-0.25, -0.2) is 4.57 Å². The Bertz CT molecular complexity index is 230. The summed E-state index contributed by atoms with van der Waals surface area (Å²) < 4.78 is 15.1. The van der Waals surface area contributed by atoms with Crippen LogP contribution in [0.5, 0.6) is 0 Å². The minimum absolute atomic E-state index is 0.150. The highest BCUT2D eigenvalue weighted by Gasteiger charge is 2.25. The number of hydrogen-bond acceptors (Lipinski definition) is 5. The minimum Gasteiger partial charge on any atom is -0.396 e. The first-order valence-corrected chi connectivity index (χ1v) is 5.57. The van der Waals surface area contributed by atoms with Crippen LogP contribution < -0.4 is 5.09 Å². The van der Waals surface area contributed by atoms with Crippen LogP contribution in [0.15, 0.2) is 0 Å². The Kier molecular flexibility index (Phi) is 5.90. The Balaban J connectivity index is 3.96. The van der Waals surface area contributed by atoms with Gasteiger partial charge in [0.15, 0.2) is 0 Å². The van der Waals surface area contributed by atoms with E-state index in [9.17, 15) is 9.36 Å². The highest BCUT2D eigenvalue weighted by molar-refractivity contribution is 7.51. The van der Waals surface area contributed by atoms with Gasteiger partial charge in [0.25, 0.3) is 0 Å². The number of carbonyl (C=O) groups is 1. The van der Waals surface area contributed by atoms with Crippen LogP contribution in [0.2, 0.25) is 0 Å². The van der Waals surface area contributed by atoms with Gasteiger partial charge in [-0.05, 0) is 13.3 Å².